The molecule has 0 aliphatic rings. The highest BCUT2D eigenvalue weighted by atomic mass is 32.1. The molecule has 0 spiro atoms. The Bertz CT molecular complexity index is 1080. The number of aryl methyl sites for hydroxylation is 1. The topological polar surface area (TPSA) is 109 Å². The molecule has 0 fully saturated rings. The molecule has 1 amide bonds. The molecule has 7 nitrogen and oxygen atoms in total. The average molecular weight is 408 g/mol. The quantitative estimate of drug-likeness (QED) is 0.553. The van der Waals surface area contributed by atoms with Gasteiger partial charge in [-0.15, -0.1) is 11.3 Å². The lowest BCUT2D eigenvalue weighted by Crippen LogP contribution is -2.13. The number of carbonyl (C=O) groups excluding carboxylic acids is 1. The van der Waals surface area contributed by atoms with Crippen molar-refractivity contribution in [3.8, 4) is 17.6 Å². The second-order valence-corrected chi connectivity index (χ2v) is 7.19. The number of methoxy groups -OCH3 is 2. The lowest BCUT2D eigenvalue weighted by molar-refractivity contribution is 0.103. The van der Waals surface area contributed by atoms with Crippen LogP contribution in [0.25, 0.3) is 0 Å². The van der Waals surface area contributed by atoms with Crippen LogP contribution in [0.5, 0.6) is 11.5 Å². The fraction of sp³-hybridized carbons (Fsp3) is 0.143. The van der Waals surface area contributed by atoms with Gasteiger partial charge in [0.1, 0.15) is 33.0 Å². The predicted octanol–water partition coefficient (Wildman–Crippen LogP) is 4.52. The number of hydrogen-bond acceptors (Lipinski definition) is 7. The Balaban J connectivity index is 1.91. The lowest BCUT2D eigenvalue weighted by Gasteiger charge is -2.11. The first-order valence-corrected chi connectivity index (χ1v) is 9.48. The average Bonchev–Trinajstić information content (AvgIpc) is 3.04. The first kappa shape index (κ1) is 20.0. The molecule has 0 unspecified atom stereocenters. The fourth-order valence-electron chi connectivity index (χ4n) is 2.67. The van der Waals surface area contributed by atoms with E-state index in [-0.39, 0.29) is 16.1 Å². The molecular weight excluding hydrogens is 388 g/mol. The van der Waals surface area contributed by atoms with Crippen molar-refractivity contribution in [3.63, 3.8) is 0 Å². The maximum absolute atomic E-state index is 12.9. The number of carbonyl (C=O) groups is 1. The number of thiophene rings is 1. The number of nitrogens with zero attached hydrogens (tertiary/aromatic N) is 1. The van der Waals surface area contributed by atoms with E-state index in [0.717, 1.165) is 22.6 Å². The summed E-state index contributed by atoms with van der Waals surface area (Å²) in [6.07, 6.45) is 0. The van der Waals surface area contributed by atoms with Crippen LogP contribution in [-0.4, -0.2) is 20.1 Å². The van der Waals surface area contributed by atoms with E-state index >= 15 is 0 Å². The van der Waals surface area contributed by atoms with E-state index in [9.17, 15) is 10.1 Å². The van der Waals surface area contributed by atoms with Gasteiger partial charge in [0, 0.05) is 11.8 Å². The fourth-order valence-corrected chi connectivity index (χ4v) is 3.66. The molecule has 0 saturated heterocycles. The third-order valence-electron chi connectivity index (χ3n) is 4.23. The molecule has 3 rings (SSSR count). The third-order valence-corrected chi connectivity index (χ3v) is 5.35. The van der Waals surface area contributed by atoms with Crippen LogP contribution in [0.2, 0.25) is 0 Å². The second-order valence-electron chi connectivity index (χ2n) is 6.17. The van der Waals surface area contributed by atoms with E-state index in [0.29, 0.717) is 22.2 Å². The number of nitrogens with two attached hydrogens (primary N) is 1. The number of nitrogen functional groups attached to an aromatic ring is 1. The van der Waals surface area contributed by atoms with Crippen molar-refractivity contribution in [3.05, 3.63) is 58.5 Å². The van der Waals surface area contributed by atoms with Crippen molar-refractivity contribution in [2.24, 2.45) is 0 Å². The van der Waals surface area contributed by atoms with Crippen LogP contribution in [0, 0.1) is 18.3 Å². The second kappa shape index (κ2) is 8.54. The van der Waals surface area contributed by atoms with Gasteiger partial charge in [0.15, 0.2) is 0 Å². The summed E-state index contributed by atoms with van der Waals surface area (Å²) in [6, 6.07) is 14.8. The SMILES string of the molecule is COc1ccc(OC)c(NC(=O)c2sc(Nc3ccc(C)cc3)c(C#N)c2N)c1. The van der Waals surface area contributed by atoms with Crippen molar-refractivity contribution < 1.29 is 14.3 Å². The van der Waals surface area contributed by atoms with E-state index < -0.39 is 5.91 Å². The zero-order chi connectivity index (χ0) is 21.0. The molecule has 3 aromatic rings. The number of anilines is 4. The van der Waals surface area contributed by atoms with Crippen LogP contribution in [0.4, 0.5) is 22.1 Å². The van der Waals surface area contributed by atoms with E-state index in [1.807, 2.05) is 31.2 Å². The van der Waals surface area contributed by atoms with Crippen LogP contribution in [0.3, 0.4) is 0 Å². The molecule has 29 heavy (non-hydrogen) atoms. The Morgan fingerprint density at radius 2 is 1.86 bits per heavy atom. The smallest absolute Gasteiger partial charge is 0.268 e. The summed E-state index contributed by atoms with van der Waals surface area (Å²) < 4.78 is 10.5. The maximum Gasteiger partial charge on any atom is 0.268 e. The molecule has 148 valence electrons. The lowest BCUT2D eigenvalue weighted by atomic mass is 10.2. The van der Waals surface area contributed by atoms with Gasteiger partial charge in [-0.1, -0.05) is 17.7 Å². The van der Waals surface area contributed by atoms with E-state index in [4.69, 9.17) is 15.2 Å². The summed E-state index contributed by atoms with van der Waals surface area (Å²) in [7, 11) is 3.04. The zero-order valence-electron chi connectivity index (χ0n) is 16.2. The normalized spacial score (nSPS) is 10.1. The van der Waals surface area contributed by atoms with Gasteiger partial charge < -0.3 is 25.8 Å². The minimum atomic E-state index is -0.437. The van der Waals surface area contributed by atoms with Crippen molar-refractivity contribution >= 4 is 39.3 Å². The predicted molar refractivity (Wildman–Crippen MR) is 115 cm³/mol. The van der Waals surface area contributed by atoms with Gasteiger partial charge in [-0.3, -0.25) is 4.79 Å². The largest absolute Gasteiger partial charge is 0.497 e. The molecule has 0 radical (unpaired) electrons. The Morgan fingerprint density at radius 3 is 2.48 bits per heavy atom. The number of hydrogen-bond donors (Lipinski definition) is 3. The number of nitriles is 1. The number of nitrogens with one attached hydrogen (secondary N) is 2. The Hall–Kier alpha value is -3.70. The van der Waals surface area contributed by atoms with Crippen molar-refractivity contribution in [2.45, 2.75) is 6.92 Å². The summed E-state index contributed by atoms with van der Waals surface area (Å²) in [4.78, 5) is 13.1. The minimum Gasteiger partial charge on any atom is -0.497 e. The Labute approximate surface area is 172 Å². The number of ether oxygens (including phenoxy) is 2. The zero-order valence-corrected chi connectivity index (χ0v) is 17.0. The highest BCUT2D eigenvalue weighted by Crippen LogP contribution is 2.38. The third kappa shape index (κ3) is 4.25. The molecule has 2 aromatic carbocycles. The summed E-state index contributed by atoms with van der Waals surface area (Å²) in [6.45, 7) is 1.99. The molecule has 4 N–H and O–H groups in total. The first-order chi connectivity index (χ1) is 14.0. The monoisotopic (exact) mass is 408 g/mol. The molecule has 0 saturated carbocycles. The van der Waals surface area contributed by atoms with Crippen LogP contribution in [0.1, 0.15) is 20.8 Å². The Morgan fingerprint density at radius 1 is 1.14 bits per heavy atom. The standard InChI is InChI=1S/C21H20N4O3S/c1-12-4-6-13(7-5-12)24-21-15(11-22)18(23)19(29-21)20(26)25-16-10-14(27-2)8-9-17(16)28-3/h4-10,24H,23H2,1-3H3,(H,25,26). The highest BCUT2D eigenvalue weighted by Gasteiger charge is 2.22. The maximum atomic E-state index is 12.9. The summed E-state index contributed by atoms with van der Waals surface area (Å²) in [5, 5.41) is 16.0. The first-order valence-electron chi connectivity index (χ1n) is 8.66. The van der Waals surface area contributed by atoms with Crippen LogP contribution in [-0.2, 0) is 0 Å². The van der Waals surface area contributed by atoms with Crippen LogP contribution in [0.15, 0.2) is 42.5 Å². The molecule has 0 atom stereocenters. The molecule has 1 aromatic heterocycles. The van der Waals surface area contributed by atoms with Gasteiger partial charge in [-0.25, -0.2) is 0 Å². The van der Waals surface area contributed by atoms with E-state index in [1.165, 1.54) is 14.2 Å². The number of benzene rings is 2. The van der Waals surface area contributed by atoms with Crippen molar-refractivity contribution in [1.29, 1.82) is 5.26 Å². The van der Waals surface area contributed by atoms with Crippen molar-refractivity contribution in [1.82, 2.24) is 0 Å². The molecule has 0 aliphatic carbocycles. The molecule has 0 aliphatic heterocycles. The highest BCUT2D eigenvalue weighted by molar-refractivity contribution is 7.19. The molecule has 8 heteroatoms. The van der Waals surface area contributed by atoms with Crippen molar-refractivity contribution in [2.75, 3.05) is 30.6 Å². The van der Waals surface area contributed by atoms with Gasteiger partial charge in [0.25, 0.3) is 5.91 Å². The van der Waals surface area contributed by atoms with E-state index in [2.05, 4.69) is 16.7 Å². The van der Waals surface area contributed by atoms with Gasteiger partial charge >= 0.3 is 0 Å². The Kier molecular flexibility index (Phi) is 5.90. The summed E-state index contributed by atoms with van der Waals surface area (Å²) in [5.41, 5.74) is 8.83. The molecule has 1 heterocycles. The van der Waals surface area contributed by atoms with Gasteiger partial charge in [0.05, 0.1) is 25.6 Å². The summed E-state index contributed by atoms with van der Waals surface area (Å²) >= 11 is 1.12. The van der Waals surface area contributed by atoms with Gasteiger partial charge in [-0.2, -0.15) is 5.26 Å². The minimum absolute atomic E-state index is 0.131. The number of rotatable bonds is 6. The molecule has 0 bridgehead atoms. The van der Waals surface area contributed by atoms with Gasteiger partial charge in [0.2, 0.25) is 0 Å². The van der Waals surface area contributed by atoms with Crippen LogP contribution < -0.4 is 25.8 Å². The van der Waals surface area contributed by atoms with Gasteiger partial charge in [-0.05, 0) is 31.2 Å². The number of amides is 1. The van der Waals surface area contributed by atoms with E-state index in [1.54, 1.807) is 18.2 Å². The molecular formula is C21H20N4O3S. The summed E-state index contributed by atoms with van der Waals surface area (Å²) in [5.74, 6) is 0.611. The van der Waals surface area contributed by atoms with Crippen LogP contribution >= 0.6 is 11.3 Å².